The topological polar surface area (TPSA) is 94.5 Å². The summed E-state index contributed by atoms with van der Waals surface area (Å²) in [7, 11) is 0. The number of benzene rings is 1. The van der Waals surface area contributed by atoms with Crippen LogP contribution in [0.25, 0.3) is 5.82 Å². The molecule has 0 bridgehead atoms. The van der Waals surface area contributed by atoms with Crippen molar-refractivity contribution in [3.63, 3.8) is 0 Å². The van der Waals surface area contributed by atoms with Gasteiger partial charge in [0.05, 0.1) is 0 Å². The Labute approximate surface area is 135 Å². The van der Waals surface area contributed by atoms with Crippen LogP contribution in [0.2, 0.25) is 0 Å². The number of hydrogen-bond donors (Lipinski definition) is 2. The lowest BCUT2D eigenvalue weighted by Gasteiger charge is -2.03. The van der Waals surface area contributed by atoms with Gasteiger partial charge in [-0.05, 0) is 26.0 Å². The Balaban J connectivity index is 0.000000924. The first-order valence-electron chi connectivity index (χ1n) is 7.49. The Hall–Kier alpha value is -2.96. The largest absolute Gasteiger partial charge is 0.368 e. The molecule has 7 heteroatoms. The standard InChI is InChI=1S/C14H15N7.C2H6/c1-9-8-12(17-10(2)16-9)21-13(15)19-14(20-21)18-11-6-4-3-5-7-11;1-2/h3-8H,1-2H3,(H3,15,18,19,20);1-2H3. The number of nitrogens with zero attached hydrogens (tertiary/aromatic N) is 5. The predicted octanol–water partition coefficient (Wildman–Crippen LogP) is 3.03. The fourth-order valence-electron chi connectivity index (χ4n) is 2.00. The van der Waals surface area contributed by atoms with Gasteiger partial charge < -0.3 is 11.1 Å². The number of para-hydroxylation sites is 1. The highest BCUT2D eigenvalue weighted by molar-refractivity contribution is 5.54. The van der Waals surface area contributed by atoms with Crippen molar-refractivity contribution < 1.29 is 0 Å². The molecule has 120 valence electrons. The van der Waals surface area contributed by atoms with Crippen LogP contribution < -0.4 is 11.1 Å². The SMILES string of the molecule is CC.Cc1cc(-n2nc(Nc3ccccc3)nc2N)nc(C)n1. The first-order chi connectivity index (χ1) is 11.1. The lowest BCUT2D eigenvalue weighted by Crippen LogP contribution is -2.07. The Morgan fingerprint density at radius 2 is 1.70 bits per heavy atom. The highest BCUT2D eigenvalue weighted by Crippen LogP contribution is 2.16. The maximum absolute atomic E-state index is 5.92. The summed E-state index contributed by atoms with van der Waals surface area (Å²) in [6.07, 6.45) is 0. The molecule has 3 N–H and O–H groups in total. The summed E-state index contributed by atoms with van der Waals surface area (Å²) in [6.45, 7) is 7.72. The fourth-order valence-corrected chi connectivity index (χ4v) is 2.00. The second kappa shape index (κ2) is 7.35. The molecule has 7 nitrogen and oxygen atoms in total. The molecular formula is C16H21N7. The average molecular weight is 311 g/mol. The highest BCUT2D eigenvalue weighted by Gasteiger charge is 2.11. The summed E-state index contributed by atoms with van der Waals surface area (Å²) in [5.41, 5.74) is 7.66. The van der Waals surface area contributed by atoms with Crippen molar-refractivity contribution in [3.05, 3.63) is 47.9 Å². The van der Waals surface area contributed by atoms with Crippen LogP contribution in [0.1, 0.15) is 25.4 Å². The second-order valence-electron chi connectivity index (χ2n) is 4.61. The summed E-state index contributed by atoms with van der Waals surface area (Å²) >= 11 is 0. The van der Waals surface area contributed by atoms with Crippen LogP contribution in [0.5, 0.6) is 0 Å². The van der Waals surface area contributed by atoms with E-state index in [0.717, 1.165) is 11.4 Å². The van der Waals surface area contributed by atoms with Gasteiger partial charge in [0.1, 0.15) is 5.82 Å². The van der Waals surface area contributed by atoms with E-state index >= 15 is 0 Å². The lowest BCUT2D eigenvalue weighted by molar-refractivity contribution is 0.832. The molecule has 0 saturated carbocycles. The second-order valence-corrected chi connectivity index (χ2v) is 4.61. The molecule has 0 saturated heterocycles. The van der Waals surface area contributed by atoms with Crippen molar-refractivity contribution in [2.24, 2.45) is 0 Å². The first-order valence-corrected chi connectivity index (χ1v) is 7.49. The zero-order valence-electron chi connectivity index (χ0n) is 13.8. The van der Waals surface area contributed by atoms with Gasteiger partial charge in [0.15, 0.2) is 5.82 Å². The van der Waals surface area contributed by atoms with Crippen LogP contribution in [0, 0.1) is 13.8 Å². The maximum atomic E-state index is 5.92. The van der Waals surface area contributed by atoms with Crippen molar-refractivity contribution in [2.45, 2.75) is 27.7 Å². The number of aryl methyl sites for hydroxylation is 2. The minimum atomic E-state index is 0.269. The molecule has 23 heavy (non-hydrogen) atoms. The zero-order chi connectivity index (χ0) is 16.8. The number of nitrogens with two attached hydrogens (primary N) is 1. The molecular weight excluding hydrogens is 290 g/mol. The van der Waals surface area contributed by atoms with Crippen LogP contribution in [0.3, 0.4) is 0 Å². The number of anilines is 3. The van der Waals surface area contributed by atoms with E-state index < -0.39 is 0 Å². The van der Waals surface area contributed by atoms with Gasteiger partial charge in [0, 0.05) is 17.4 Å². The van der Waals surface area contributed by atoms with E-state index in [4.69, 9.17) is 5.73 Å². The Morgan fingerprint density at radius 3 is 2.35 bits per heavy atom. The molecule has 3 rings (SSSR count). The first kappa shape index (κ1) is 16.4. The van der Waals surface area contributed by atoms with Gasteiger partial charge in [-0.1, -0.05) is 32.0 Å². The van der Waals surface area contributed by atoms with Crippen LogP contribution in [-0.4, -0.2) is 24.7 Å². The smallest absolute Gasteiger partial charge is 0.248 e. The monoisotopic (exact) mass is 311 g/mol. The van der Waals surface area contributed by atoms with Crippen molar-refractivity contribution >= 4 is 17.6 Å². The summed E-state index contributed by atoms with van der Waals surface area (Å²) in [6, 6.07) is 11.5. The van der Waals surface area contributed by atoms with Gasteiger partial charge in [-0.2, -0.15) is 9.67 Å². The van der Waals surface area contributed by atoms with Crippen LogP contribution >= 0.6 is 0 Å². The summed E-state index contributed by atoms with van der Waals surface area (Å²) in [4.78, 5) is 12.8. The minimum Gasteiger partial charge on any atom is -0.368 e. The number of hydrogen-bond acceptors (Lipinski definition) is 6. The van der Waals surface area contributed by atoms with Crippen molar-refractivity contribution in [2.75, 3.05) is 11.1 Å². The zero-order valence-corrected chi connectivity index (χ0v) is 13.8. The van der Waals surface area contributed by atoms with Crippen molar-refractivity contribution in [1.82, 2.24) is 24.7 Å². The van der Waals surface area contributed by atoms with E-state index in [2.05, 4.69) is 25.4 Å². The fraction of sp³-hybridized carbons (Fsp3) is 0.250. The van der Waals surface area contributed by atoms with E-state index in [-0.39, 0.29) is 5.95 Å². The molecule has 0 amide bonds. The van der Waals surface area contributed by atoms with E-state index in [1.54, 1.807) is 0 Å². The molecule has 0 aliphatic carbocycles. The molecule has 0 aliphatic heterocycles. The molecule has 1 aromatic carbocycles. The number of nitrogen functional groups attached to an aromatic ring is 1. The summed E-state index contributed by atoms with van der Waals surface area (Å²) in [5, 5.41) is 7.43. The lowest BCUT2D eigenvalue weighted by atomic mass is 10.3. The van der Waals surface area contributed by atoms with Crippen LogP contribution in [-0.2, 0) is 0 Å². The van der Waals surface area contributed by atoms with Gasteiger partial charge in [0.2, 0.25) is 11.9 Å². The molecule has 0 radical (unpaired) electrons. The normalized spacial score (nSPS) is 9.91. The van der Waals surface area contributed by atoms with E-state index in [1.165, 1.54) is 4.68 Å². The van der Waals surface area contributed by atoms with E-state index in [0.29, 0.717) is 17.6 Å². The summed E-state index contributed by atoms with van der Waals surface area (Å²) < 4.78 is 1.49. The minimum absolute atomic E-state index is 0.269. The van der Waals surface area contributed by atoms with E-state index in [1.807, 2.05) is 64.1 Å². The van der Waals surface area contributed by atoms with Crippen LogP contribution in [0.15, 0.2) is 36.4 Å². The van der Waals surface area contributed by atoms with Crippen LogP contribution in [0.4, 0.5) is 17.6 Å². The summed E-state index contributed by atoms with van der Waals surface area (Å²) in [5.74, 6) is 1.96. The third kappa shape index (κ3) is 4.03. The molecule has 0 unspecified atom stereocenters. The highest BCUT2D eigenvalue weighted by atomic mass is 15.4. The number of aromatic nitrogens is 5. The van der Waals surface area contributed by atoms with E-state index in [9.17, 15) is 0 Å². The molecule has 3 aromatic rings. The molecule has 0 aliphatic rings. The van der Waals surface area contributed by atoms with Gasteiger partial charge in [-0.15, -0.1) is 5.10 Å². The maximum Gasteiger partial charge on any atom is 0.248 e. The van der Waals surface area contributed by atoms with Gasteiger partial charge in [-0.25, -0.2) is 9.97 Å². The molecule has 2 aromatic heterocycles. The Morgan fingerprint density at radius 1 is 1.00 bits per heavy atom. The molecule has 2 heterocycles. The van der Waals surface area contributed by atoms with Gasteiger partial charge >= 0.3 is 0 Å². The number of nitrogens with one attached hydrogen (secondary N) is 1. The average Bonchev–Trinajstić information content (AvgIpc) is 2.90. The predicted molar refractivity (Wildman–Crippen MR) is 91.9 cm³/mol. The Bertz CT molecular complexity index is 745. The Kier molecular flexibility index (Phi) is 5.24. The molecule has 0 fully saturated rings. The quantitative estimate of drug-likeness (QED) is 0.772. The number of rotatable bonds is 3. The van der Waals surface area contributed by atoms with Gasteiger partial charge in [-0.3, -0.25) is 0 Å². The van der Waals surface area contributed by atoms with Gasteiger partial charge in [0.25, 0.3) is 0 Å². The van der Waals surface area contributed by atoms with Crippen molar-refractivity contribution in [1.29, 1.82) is 0 Å². The van der Waals surface area contributed by atoms with Crippen molar-refractivity contribution in [3.8, 4) is 5.82 Å². The molecule has 0 atom stereocenters. The third-order valence-electron chi connectivity index (χ3n) is 2.83. The third-order valence-corrected chi connectivity index (χ3v) is 2.83. The molecule has 0 spiro atoms.